The number of hydrogen-bond acceptors (Lipinski definition) is 7. The molecule has 12 heteroatoms. The predicted molar refractivity (Wildman–Crippen MR) is 143 cm³/mol. The van der Waals surface area contributed by atoms with Gasteiger partial charge in [0.25, 0.3) is 0 Å². The number of pyridine rings is 2. The van der Waals surface area contributed by atoms with E-state index in [1.807, 2.05) is 18.2 Å². The van der Waals surface area contributed by atoms with Gasteiger partial charge in [0.05, 0.1) is 14.2 Å². The second-order valence-electron chi connectivity index (χ2n) is 8.35. The van der Waals surface area contributed by atoms with Gasteiger partial charge in [0, 0.05) is 60.0 Å². The van der Waals surface area contributed by atoms with Crippen molar-refractivity contribution in [3.8, 4) is 33.9 Å². The number of amides is 1. The molecule has 2 N–H and O–H groups in total. The Labute approximate surface area is 219 Å². The van der Waals surface area contributed by atoms with Crippen LogP contribution in [0.2, 0.25) is 0 Å². The van der Waals surface area contributed by atoms with Crippen molar-refractivity contribution in [2.24, 2.45) is 0 Å². The molecule has 198 valence electrons. The lowest BCUT2D eigenvalue weighted by Gasteiger charge is -2.18. The topological polar surface area (TPSA) is 136 Å². The summed E-state index contributed by atoms with van der Waals surface area (Å²) in [5, 5.41) is 0.691. The highest BCUT2D eigenvalue weighted by Crippen LogP contribution is 2.43. The van der Waals surface area contributed by atoms with E-state index in [0.29, 0.717) is 28.4 Å². The molecule has 0 fully saturated rings. The molecule has 0 saturated carbocycles. The van der Waals surface area contributed by atoms with E-state index in [1.54, 1.807) is 48.4 Å². The summed E-state index contributed by atoms with van der Waals surface area (Å²) in [5.41, 5.74) is 3.99. The summed E-state index contributed by atoms with van der Waals surface area (Å²) in [6.45, 7) is 5.07. The number of methoxy groups -OCH3 is 2. The van der Waals surface area contributed by atoms with E-state index >= 15 is 0 Å². The van der Waals surface area contributed by atoms with Crippen LogP contribution in [0.3, 0.4) is 0 Å². The van der Waals surface area contributed by atoms with Gasteiger partial charge < -0.3 is 28.7 Å². The van der Waals surface area contributed by atoms with Crippen LogP contribution in [0.5, 0.6) is 11.6 Å². The fourth-order valence-electron chi connectivity index (χ4n) is 4.06. The number of carbonyl (C=O) groups excluding carboxylic acids is 1. The van der Waals surface area contributed by atoms with E-state index in [4.69, 9.17) is 14.0 Å². The summed E-state index contributed by atoms with van der Waals surface area (Å²) in [5.74, 6) is 0.670. The van der Waals surface area contributed by atoms with Crippen LogP contribution in [0.15, 0.2) is 67.6 Å². The number of rotatable bonds is 9. The first-order chi connectivity index (χ1) is 18.0. The molecule has 1 atom stereocenters. The number of carbonyl (C=O) groups is 1. The van der Waals surface area contributed by atoms with E-state index in [0.717, 1.165) is 22.3 Å². The molecule has 0 spiro atoms. The minimum atomic E-state index is -4.76. The Hall–Kier alpha value is -4.02. The highest BCUT2D eigenvalue weighted by molar-refractivity contribution is 7.46. The van der Waals surface area contributed by atoms with Crippen molar-refractivity contribution >= 4 is 30.5 Å². The zero-order chi connectivity index (χ0) is 27.6. The molecular weight excluding hydrogens is 511 g/mol. The fraction of sp³-hybridized carbons (Fsp3) is 0.192. The molecule has 1 amide bonds. The standard InChI is InChI=1S/C26H27N4O7P/c1-6-25(31)29(3)20-9-18(10-21(13-20)35-4)19-11-22-23(17-7-8-27-24(12-17)36-5)15-30(26(22)28-14-19)16(2)37-38(32,33)34/h6-16H,1H2,2-5H3,(H2,32,33,34). The van der Waals surface area contributed by atoms with Crippen LogP contribution >= 0.6 is 7.82 Å². The molecule has 1 aromatic carbocycles. The zero-order valence-electron chi connectivity index (χ0n) is 21.2. The number of nitrogens with zero attached hydrogens (tertiary/aromatic N) is 4. The Morgan fingerprint density at radius 1 is 1.11 bits per heavy atom. The summed E-state index contributed by atoms with van der Waals surface area (Å²) in [4.78, 5) is 41.2. The van der Waals surface area contributed by atoms with Crippen LogP contribution in [0.25, 0.3) is 33.3 Å². The van der Waals surface area contributed by atoms with Gasteiger partial charge in [-0.3, -0.25) is 9.32 Å². The molecule has 0 saturated heterocycles. The quantitative estimate of drug-likeness (QED) is 0.232. The smallest absolute Gasteiger partial charge is 0.471 e. The van der Waals surface area contributed by atoms with Gasteiger partial charge in [-0.15, -0.1) is 0 Å². The van der Waals surface area contributed by atoms with Crippen molar-refractivity contribution in [1.29, 1.82) is 0 Å². The monoisotopic (exact) mass is 538 g/mol. The molecule has 0 radical (unpaired) electrons. The number of benzene rings is 1. The molecule has 3 aromatic heterocycles. The number of phosphoric acid groups is 1. The minimum absolute atomic E-state index is 0.275. The van der Waals surface area contributed by atoms with Crippen molar-refractivity contribution in [1.82, 2.24) is 14.5 Å². The largest absolute Gasteiger partial charge is 0.497 e. The summed E-state index contributed by atoms with van der Waals surface area (Å²) in [6.07, 6.45) is 5.16. The van der Waals surface area contributed by atoms with E-state index in [9.17, 15) is 19.1 Å². The minimum Gasteiger partial charge on any atom is -0.497 e. The Kier molecular flexibility index (Phi) is 7.66. The summed E-state index contributed by atoms with van der Waals surface area (Å²) in [7, 11) is -0.0723. The van der Waals surface area contributed by atoms with Gasteiger partial charge in [-0.05, 0) is 48.4 Å². The van der Waals surface area contributed by atoms with E-state index < -0.39 is 14.1 Å². The number of fused-ring (bicyclic) bond motifs is 1. The first-order valence-corrected chi connectivity index (χ1v) is 12.9. The van der Waals surface area contributed by atoms with Crippen molar-refractivity contribution < 1.29 is 33.1 Å². The maximum absolute atomic E-state index is 12.2. The van der Waals surface area contributed by atoms with Gasteiger partial charge in [0.2, 0.25) is 11.8 Å². The lowest BCUT2D eigenvalue weighted by atomic mass is 10.0. The third kappa shape index (κ3) is 5.61. The summed E-state index contributed by atoms with van der Waals surface area (Å²) >= 11 is 0. The van der Waals surface area contributed by atoms with Gasteiger partial charge in [-0.25, -0.2) is 14.5 Å². The molecule has 0 aliphatic rings. The highest BCUT2D eigenvalue weighted by Gasteiger charge is 2.24. The predicted octanol–water partition coefficient (Wildman–Crippen LogP) is 4.56. The van der Waals surface area contributed by atoms with Crippen LogP contribution in [-0.4, -0.2) is 51.5 Å². The van der Waals surface area contributed by atoms with E-state index in [2.05, 4.69) is 16.5 Å². The second kappa shape index (κ2) is 10.8. The Balaban J connectivity index is 1.92. The summed E-state index contributed by atoms with van der Waals surface area (Å²) in [6, 6.07) is 10.8. The van der Waals surface area contributed by atoms with Gasteiger partial charge in [0.1, 0.15) is 17.6 Å². The molecule has 3 heterocycles. The van der Waals surface area contributed by atoms with Gasteiger partial charge in [-0.1, -0.05) is 6.58 Å². The first-order valence-electron chi connectivity index (χ1n) is 11.4. The molecule has 11 nitrogen and oxygen atoms in total. The Morgan fingerprint density at radius 3 is 2.53 bits per heavy atom. The molecule has 1 unspecified atom stereocenters. The molecular formula is C26H27N4O7P. The van der Waals surface area contributed by atoms with E-state index in [1.165, 1.54) is 32.1 Å². The number of ether oxygens (including phenoxy) is 2. The molecule has 4 rings (SSSR count). The maximum Gasteiger partial charge on any atom is 0.471 e. The van der Waals surface area contributed by atoms with E-state index in [-0.39, 0.29) is 5.91 Å². The SMILES string of the molecule is C=CC(=O)N(C)c1cc(OC)cc(-c2cnc3c(c2)c(-c2ccnc(OC)c2)cn3C(C)OP(=O)(O)O)c1. The highest BCUT2D eigenvalue weighted by atomic mass is 31.2. The molecule has 4 aromatic rings. The molecule has 0 bridgehead atoms. The average Bonchev–Trinajstić information content (AvgIpc) is 3.30. The lowest BCUT2D eigenvalue weighted by molar-refractivity contribution is -0.113. The number of hydrogen-bond donors (Lipinski definition) is 2. The van der Waals surface area contributed by atoms with Crippen LogP contribution in [0.1, 0.15) is 13.2 Å². The number of phosphoric ester groups is 1. The van der Waals surface area contributed by atoms with Crippen LogP contribution in [-0.2, 0) is 13.9 Å². The molecule has 0 aliphatic heterocycles. The number of aromatic nitrogens is 3. The Morgan fingerprint density at radius 2 is 1.87 bits per heavy atom. The second-order valence-corrected chi connectivity index (χ2v) is 9.54. The summed E-state index contributed by atoms with van der Waals surface area (Å²) < 4.78 is 28.8. The van der Waals surface area contributed by atoms with Crippen molar-refractivity contribution in [2.45, 2.75) is 13.2 Å². The van der Waals surface area contributed by atoms with Crippen molar-refractivity contribution in [3.05, 3.63) is 67.6 Å². The normalized spacial score (nSPS) is 12.3. The fourth-order valence-corrected chi connectivity index (χ4v) is 4.56. The van der Waals surface area contributed by atoms with Crippen LogP contribution < -0.4 is 14.4 Å². The third-order valence-electron chi connectivity index (χ3n) is 5.96. The lowest BCUT2D eigenvalue weighted by Crippen LogP contribution is -2.23. The molecule has 38 heavy (non-hydrogen) atoms. The first kappa shape index (κ1) is 27.0. The zero-order valence-corrected chi connectivity index (χ0v) is 22.1. The number of anilines is 1. The maximum atomic E-state index is 12.2. The average molecular weight is 538 g/mol. The Bertz CT molecular complexity index is 1560. The van der Waals surface area contributed by atoms with Crippen molar-refractivity contribution in [2.75, 3.05) is 26.2 Å². The van der Waals surface area contributed by atoms with Crippen LogP contribution in [0, 0.1) is 0 Å². The third-order valence-corrected chi connectivity index (χ3v) is 6.54. The van der Waals surface area contributed by atoms with Gasteiger partial charge >= 0.3 is 7.82 Å². The van der Waals surface area contributed by atoms with Crippen LogP contribution in [0.4, 0.5) is 5.69 Å². The number of likely N-dealkylation sites (N-methyl/N-ethyl adjacent to an activating group) is 1. The van der Waals surface area contributed by atoms with Gasteiger partial charge in [-0.2, -0.15) is 0 Å². The van der Waals surface area contributed by atoms with Gasteiger partial charge in [0.15, 0.2) is 0 Å². The molecule has 0 aliphatic carbocycles. The van der Waals surface area contributed by atoms with Crippen molar-refractivity contribution in [3.63, 3.8) is 0 Å².